The molecule has 0 spiro atoms. The third-order valence-electron chi connectivity index (χ3n) is 3.87. The lowest BCUT2D eigenvalue weighted by molar-refractivity contribution is -0.137. The SMILES string of the molecule is [O-][S+]1N=CNc2ccc(-c3nccnc3Sc3ccc(C(F)(F)F)cc3)cc21. The minimum absolute atomic E-state index is 0.524. The zero-order valence-corrected chi connectivity index (χ0v) is 15.6. The molecule has 0 saturated heterocycles. The Balaban J connectivity index is 1.66. The molecule has 4 rings (SSSR count). The Hall–Kier alpha value is -2.56. The summed E-state index contributed by atoms with van der Waals surface area (Å²) in [4.78, 5) is 9.79. The predicted octanol–water partition coefficient (Wildman–Crippen LogP) is 4.79. The van der Waals surface area contributed by atoms with Gasteiger partial charge in [-0.3, -0.25) is 4.98 Å². The first kappa shape index (κ1) is 18.8. The minimum atomic E-state index is -4.38. The first-order chi connectivity index (χ1) is 13.4. The molecule has 142 valence electrons. The van der Waals surface area contributed by atoms with Gasteiger partial charge in [0.05, 0.1) is 11.3 Å². The van der Waals surface area contributed by atoms with Crippen LogP contribution in [0.1, 0.15) is 5.56 Å². The van der Waals surface area contributed by atoms with Crippen LogP contribution < -0.4 is 5.32 Å². The number of aromatic nitrogens is 2. The van der Waals surface area contributed by atoms with Gasteiger partial charge in [0.15, 0.2) is 0 Å². The summed E-state index contributed by atoms with van der Waals surface area (Å²) in [5.74, 6) is 0. The fourth-order valence-corrected chi connectivity index (χ4v) is 4.24. The number of fused-ring (bicyclic) bond motifs is 1. The van der Waals surface area contributed by atoms with Crippen LogP contribution in [0.15, 0.2) is 74.1 Å². The van der Waals surface area contributed by atoms with Crippen molar-refractivity contribution in [2.45, 2.75) is 21.0 Å². The van der Waals surface area contributed by atoms with Gasteiger partial charge >= 0.3 is 6.18 Å². The third-order valence-corrected chi connectivity index (χ3v) is 5.88. The van der Waals surface area contributed by atoms with Crippen molar-refractivity contribution >= 4 is 35.1 Å². The average Bonchev–Trinajstić information content (AvgIpc) is 2.68. The van der Waals surface area contributed by atoms with Crippen LogP contribution in [0.5, 0.6) is 0 Å². The molecule has 0 fully saturated rings. The van der Waals surface area contributed by atoms with Crippen molar-refractivity contribution in [3.05, 3.63) is 60.4 Å². The van der Waals surface area contributed by atoms with Gasteiger partial charge < -0.3 is 9.87 Å². The molecular formula is C18H11F3N4OS2. The second kappa shape index (κ2) is 7.46. The maximum atomic E-state index is 12.7. The molecule has 10 heteroatoms. The summed E-state index contributed by atoms with van der Waals surface area (Å²) in [6.45, 7) is 0. The maximum absolute atomic E-state index is 12.7. The number of halogens is 3. The van der Waals surface area contributed by atoms with E-state index >= 15 is 0 Å². The normalized spacial score (nSPS) is 15.8. The van der Waals surface area contributed by atoms with Crippen molar-refractivity contribution in [3.63, 3.8) is 0 Å². The fourth-order valence-electron chi connectivity index (χ4n) is 2.56. The standard InChI is InChI=1S/C18H11F3N4OS2/c19-18(20,21)12-2-4-13(5-3-12)27-17-16(22-7-8-23-17)11-1-6-14-15(9-11)28(26)25-10-24-14/h1-10H,(H,24,25). The zero-order valence-electron chi connectivity index (χ0n) is 14.0. The molecule has 1 aliphatic rings. The van der Waals surface area contributed by atoms with Crippen LogP contribution >= 0.6 is 11.8 Å². The summed E-state index contributed by atoms with van der Waals surface area (Å²) >= 11 is -0.305. The Kier molecular flexibility index (Phi) is 5.00. The molecule has 2 aromatic carbocycles. The second-order valence-corrected chi connectivity index (χ2v) is 7.88. The van der Waals surface area contributed by atoms with Crippen LogP contribution in [0.4, 0.5) is 18.9 Å². The number of hydrogen-bond donors (Lipinski definition) is 1. The monoisotopic (exact) mass is 420 g/mol. The summed E-state index contributed by atoms with van der Waals surface area (Å²) in [5.41, 5.74) is 1.22. The van der Waals surface area contributed by atoms with Gasteiger partial charge in [0.1, 0.15) is 28.4 Å². The Labute approximate surface area is 165 Å². The van der Waals surface area contributed by atoms with E-state index in [0.717, 1.165) is 12.1 Å². The summed E-state index contributed by atoms with van der Waals surface area (Å²) in [7, 11) is 0. The van der Waals surface area contributed by atoms with Crippen molar-refractivity contribution < 1.29 is 17.7 Å². The maximum Gasteiger partial charge on any atom is 0.416 e. The first-order valence-electron chi connectivity index (χ1n) is 7.93. The molecule has 1 aliphatic heterocycles. The van der Waals surface area contributed by atoms with Crippen molar-refractivity contribution in [2.75, 3.05) is 5.32 Å². The number of alkyl halides is 3. The number of anilines is 1. The number of nitrogens with zero attached hydrogens (tertiary/aromatic N) is 3. The smallest absolute Gasteiger partial charge is 0.416 e. The van der Waals surface area contributed by atoms with E-state index in [2.05, 4.69) is 19.7 Å². The number of benzene rings is 2. The van der Waals surface area contributed by atoms with Gasteiger partial charge in [0.25, 0.3) is 0 Å². The van der Waals surface area contributed by atoms with Gasteiger partial charge in [-0.1, -0.05) is 17.8 Å². The molecule has 3 aromatic rings. The number of hydrogen-bond acceptors (Lipinski definition) is 6. The van der Waals surface area contributed by atoms with E-state index in [0.29, 0.717) is 31.8 Å². The summed E-state index contributed by atoms with van der Waals surface area (Å²) in [6.07, 6.45) is 0.0415. The van der Waals surface area contributed by atoms with Crippen LogP contribution in [0.3, 0.4) is 0 Å². The zero-order chi connectivity index (χ0) is 19.7. The summed E-state index contributed by atoms with van der Waals surface area (Å²) in [6, 6.07) is 10.2. The molecular weight excluding hydrogens is 409 g/mol. The van der Waals surface area contributed by atoms with Gasteiger partial charge in [-0.2, -0.15) is 13.2 Å². The fraction of sp³-hybridized carbons (Fsp3) is 0.0556. The lowest BCUT2D eigenvalue weighted by Crippen LogP contribution is -2.11. The lowest BCUT2D eigenvalue weighted by Gasteiger charge is -2.14. The molecule has 1 atom stereocenters. The molecule has 1 unspecified atom stereocenters. The average molecular weight is 420 g/mol. The van der Waals surface area contributed by atoms with Crippen LogP contribution in [-0.4, -0.2) is 20.9 Å². The Bertz CT molecular complexity index is 1040. The molecule has 0 bridgehead atoms. The second-order valence-electron chi connectivity index (χ2n) is 5.67. The highest BCUT2D eigenvalue weighted by Gasteiger charge is 2.30. The Morgan fingerprint density at radius 3 is 2.50 bits per heavy atom. The predicted molar refractivity (Wildman–Crippen MR) is 102 cm³/mol. The first-order valence-corrected chi connectivity index (χ1v) is 9.86. The number of rotatable bonds is 3. The molecule has 0 aliphatic carbocycles. The molecule has 5 nitrogen and oxygen atoms in total. The Morgan fingerprint density at radius 1 is 1.00 bits per heavy atom. The van der Waals surface area contributed by atoms with Gasteiger partial charge in [-0.05, 0) is 34.7 Å². The van der Waals surface area contributed by atoms with Gasteiger partial charge in [-0.25, -0.2) is 4.98 Å². The highest BCUT2D eigenvalue weighted by molar-refractivity contribution is 7.99. The van der Waals surface area contributed by atoms with Crippen molar-refractivity contribution in [3.8, 4) is 11.3 Å². The van der Waals surface area contributed by atoms with Crippen molar-refractivity contribution in [1.29, 1.82) is 0 Å². The van der Waals surface area contributed by atoms with E-state index in [9.17, 15) is 17.7 Å². The summed E-state index contributed by atoms with van der Waals surface area (Å²) < 4.78 is 54.1. The van der Waals surface area contributed by atoms with Gasteiger partial charge in [0.2, 0.25) is 4.90 Å². The molecule has 1 N–H and O–H groups in total. The van der Waals surface area contributed by atoms with Crippen LogP contribution in [0.2, 0.25) is 0 Å². The topological polar surface area (TPSA) is 73.2 Å². The van der Waals surface area contributed by atoms with Crippen molar-refractivity contribution in [2.24, 2.45) is 4.40 Å². The van der Waals surface area contributed by atoms with E-state index in [1.807, 2.05) is 6.07 Å². The van der Waals surface area contributed by atoms with E-state index < -0.39 is 23.1 Å². The van der Waals surface area contributed by atoms with Gasteiger partial charge in [-0.15, -0.1) is 0 Å². The van der Waals surface area contributed by atoms with E-state index in [-0.39, 0.29) is 0 Å². The highest BCUT2D eigenvalue weighted by atomic mass is 32.2. The van der Waals surface area contributed by atoms with Crippen molar-refractivity contribution in [1.82, 2.24) is 9.97 Å². The molecule has 1 aromatic heterocycles. The van der Waals surface area contributed by atoms with Crippen LogP contribution in [0.25, 0.3) is 11.3 Å². The highest BCUT2D eigenvalue weighted by Crippen LogP contribution is 2.37. The molecule has 0 amide bonds. The lowest BCUT2D eigenvalue weighted by atomic mass is 10.1. The van der Waals surface area contributed by atoms with E-state index in [4.69, 9.17) is 0 Å². The van der Waals surface area contributed by atoms with Crippen LogP contribution in [0, 0.1) is 0 Å². The largest absolute Gasteiger partial charge is 0.586 e. The Morgan fingerprint density at radius 2 is 1.75 bits per heavy atom. The molecule has 0 saturated carbocycles. The summed E-state index contributed by atoms with van der Waals surface area (Å²) in [5, 5.41) is 3.45. The van der Waals surface area contributed by atoms with E-state index in [1.165, 1.54) is 42.6 Å². The van der Waals surface area contributed by atoms with Gasteiger partial charge in [0, 0.05) is 28.9 Å². The molecule has 0 radical (unpaired) electrons. The minimum Gasteiger partial charge on any atom is -0.586 e. The van der Waals surface area contributed by atoms with E-state index in [1.54, 1.807) is 12.1 Å². The quantitative estimate of drug-likeness (QED) is 0.617. The molecule has 28 heavy (non-hydrogen) atoms. The van der Waals surface area contributed by atoms with Crippen LogP contribution in [-0.2, 0) is 17.5 Å². The third kappa shape index (κ3) is 3.84. The molecule has 2 heterocycles. The number of nitrogens with one attached hydrogen (secondary N) is 1.